The summed E-state index contributed by atoms with van der Waals surface area (Å²) in [6.45, 7) is 0.876. The first kappa shape index (κ1) is 13.5. The smallest absolute Gasteiger partial charge is 0.307 e. The first-order valence-electron chi connectivity index (χ1n) is 6.82. The van der Waals surface area contributed by atoms with Crippen molar-refractivity contribution in [3.8, 4) is 5.69 Å². The van der Waals surface area contributed by atoms with Gasteiger partial charge >= 0.3 is 5.69 Å². The molecule has 0 amide bonds. The molecule has 2 aromatic rings. The fraction of sp³-hybridized carbons (Fsp3) is 0.385. The number of aromatic amines is 1. The second kappa shape index (κ2) is 5.49. The van der Waals surface area contributed by atoms with E-state index in [0.717, 1.165) is 25.8 Å². The molecule has 1 aliphatic rings. The van der Waals surface area contributed by atoms with Crippen molar-refractivity contribution in [1.29, 1.82) is 0 Å². The van der Waals surface area contributed by atoms with Gasteiger partial charge in [0, 0.05) is 12.1 Å². The first-order valence-corrected chi connectivity index (χ1v) is 6.82. The first-order chi connectivity index (χ1) is 10.2. The lowest BCUT2D eigenvalue weighted by Crippen LogP contribution is -2.30. The Morgan fingerprint density at radius 1 is 1.38 bits per heavy atom. The van der Waals surface area contributed by atoms with Crippen molar-refractivity contribution in [2.45, 2.75) is 25.3 Å². The van der Waals surface area contributed by atoms with E-state index in [1.54, 1.807) is 12.1 Å². The number of nitrogens with one attached hydrogen (secondary N) is 2. The molecule has 1 aromatic heterocycles. The number of benzene rings is 1. The Bertz CT molecular complexity index is 715. The van der Waals surface area contributed by atoms with E-state index >= 15 is 0 Å². The van der Waals surface area contributed by atoms with Crippen LogP contribution in [0.4, 0.5) is 5.69 Å². The molecule has 21 heavy (non-hydrogen) atoms. The topological polar surface area (TPSA) is 106 Å². The number of nitrogens with zero attached hydrogens (tertiary/aromatic N) is 3. The summed E-state index contributed by atoms with van der Waals surface area (Å²) < 4.78 is 1.40. The van der Waals surface area contributed by atoms with Crippen LogP contribution in [0.5, 0.6) is 0 Å². The highest BCUT2D eigenvalue weighted by Gasteiger charge is 2.23. The van der Waals surface area contributed by atoms with Crippen molar-refractivity contribution >= 4 is 5.69 Å². The van der Waals surface area contributed by atoms with Crippen LogP contribution < -0.4 is 11.0 Å². The third-order valence-electron chi connectivity index (χ3n) is 3.62. The Labute approximate surface area is 119 Å². The lowest BCUT2D eigenvalue weighted by Gasteiger charge is -2.22. The molecule has 8 nitrogen and oxygen atoms in total. The van der Waals surface area contributed by atoms with Crippen LogP contribution in [-0.4, -0.2) is 26.2 Å². The molecule has 0 radical (unpaired) electrons. The average molecular weight is 289 g/mol. The van der Waals surface area contributed by atoms with Gasteiger partial charge < -0.3 is 5.32 Å². The molecule has 1 atom stereocenters. The largest absolute Gasteiger partial charge is 0.347 e. The molecule has 2 N–H and O–H groups in total. The number of piperidine rings is 1. The van der Waals surface area contributed by atoms with Crippen LogP contribution in [0.25, 0.3) is 5.69 Å². The molecular weight excluding hydrogens is 274 g/mol. The van der Waals surface area contributed by atoms with E-state index in [-0.39, 0.29) is 11.7 Å². The van der Waals surface area contributed by atoms with Crippen molar-refractivity contribution in [2.24, 2.45) is 0 Å². The van der Waals surface area contributed by atoms with Crippen molar-refractivity contribution in [1.82, 2.24) is 20.1 Å². The summed E-state index contributed by atoms with van der Waals surface area (Å²) in [6, 6.07) is 5.98. The standard InChI is InChI=1S/C13H15N5O3/c19-13-16-15-12(11-6-1-2-7-14-11)17(13)9-4-3-5-10(8-9)18(20)21/h3-5,8,11,14H,1-2,6-7H2,(H,16,19). The molecule has 3 rings (SSSR count). The van der Waals surface area contributed by atoms with Gasteiger partial charge in [-0.2, -0.15) is 5.10 Å². The van der Waals surface area contributed by atoms with E-state index in [1.165, 1.54) is 16.7 Å². The predicted octanol–water partition coefficient (Wildman–Crippen LogP) is 1.28. The molecule has 1 aliphatic heterocycles. The molecule has 1 saturated heterocycles. The van der Waals surface area contributed by atoms with Gasteiger partial charge in [0.1, 0.15) is 0 Å². The lowest BCUT2D eigenvalue weighted by atomic mass is 10.0. The van der Waals surface area contributed by atoms with Gasteiger partial charge in [0.25, 0.3) is 5.69 Å². The minimum Gasteiger partial charge on any atom is -0.307 e. The Hall–Kier alpha value is -2.48. The molecule has 1 unspecified atom stereocenters. The summed E-state index contributed by atoms with van der Waals surface area (Å²) in [5.41, 5.74) is 0.00588. The van der Waals surface area contributed by atoms with Crippen LogP contribution in [0.3, 0.4) is 0 Å². The van der Waals surface area contributed by atoms with Crippen LogP contribution in [0.15, 0.2) is 29.1 Å². The molecule has 0 bridgehead atoms. The number of aromatic nitrogens is 3. The van der Waals surface area contributed by atoms with Gasteiger partial charge in [-0.3, -0.25) is 10.1 Å². The Balaban J connectivity index is 2.05. The Morgan fingerprint density at radius 2 is 2.24 bits per heavy atom. The SMILES string of the molecule is O=c1[nH]nc(C2CCCCN2)n1-c1cccc([N+](=O)[O-])c1. The van der Waals surface area contributed by atoms with Gasteiger partial charge in [-0.1, -0.05) is 12.5 Å². The van der Waals surface area contributed by atoms with Gasteiger partial charge in [0.2, 0.25) is 0 Å². The molecule has 0 saturated carbocycles. The van der Waals surface area contributed by atoms with E-state index in [2.05, 4.69) is 15.5 Å². The van der Waals surface area contributed by atoms with E-state index in [1.807, 2.05) is 0 Å². The summed E-state index contributed by atoms with van der Waals surface area (Å²) in [4.78, 5) is 22.4. The Kier molecular flexibility index (Phi) is 3.53. The van der Waals surface area contributed by atoms with Crippen LogP contribution in [-0.2, 0) is 0 Å². The van der Waals surface area contributed by atoms with Gasteiger partial charge in [-0.15, -0.1) is 0 Å². The zero-order valence-corrected chi connectivity index (χ0v) is 11.3. The number of nitro benzene ring substituents is 1. The van der Waals surface area contributed by atoms with Crippen molar-refractivity contribution in [3.63, 3.8) is 0 Å². The quantitative estimate of drug-likeness (QED) is 0.654. The second-order valence-corrected chi connectivity index (χ2v) is 5.00. The zero-order valence-electron chi connectivity index (χ0n) is 11.3. The molecule has 2 heterocycles. The van der Waals surface area contributed by atoms with Crippen LogP contribution in [0.2, 0.25) is 0 Å². The number of H-pyrrole nitrogens is 1. The number of rotatable bonds is 3. The highest BCUT2D eigenvalue weighted by molar-refractivity contribution is 5.43. The highest BCUT2D eigenvalue weighted by Crippen LogP contribution is 2.23. The van der Waals surface area contributed by atoms with E-state index in [0.29, 0.717) is 11.5 Å². The maximum absolute atomic E-state index is 12.0. The number of nitro groups is 1. The van der Waals surface area contributed by atoms with Gasteiger partial charge in [-0.05, 0) is 25.5 Å². The monoisotopic (exact) mass is 289 g/mol. The minimum absolute atomic E-state index is 0.0167. The van der Waals surface area contributed by atoms with Crippen LogP contribution in [0.1, 0.15) is 31.1 Å². The fourth-order valence-electron chi connectivity index (χ4n) is 2.61. The normalized spacial score (nSPS) is 18.6. The van der Waals surface area contributed by atoms with Gasteiger partial charge in [0.15, 0.2) is 5.82 Å². The van der Waals surface area contributed by atoms with Crippen molar-refractivity contribution in [2.75, 3.05) is 6.54 Å². The van der Waals surface area contributed by atoms with Gasteiger partial charge in [-0.25, -0.2) is 14.5 Å². The summed E-state index contributed by atoms with van der Waals surface area (Å²) >= 11 is 0. The number of hydrogen-bond donors (Lipinski definition) is 2. The molecule has 0 aliphatic carbocycles. The number of hydrogen-bond acceptors (Lipinski definition) is 5. The maximum atomic E-state index is 12.0. The maximum Gasteiger partial charge on any atom is 0.347 e. The van der Waals surface area contributed by atoms with E-state index in [4.69, 9.17) is 0 Å². The van der Waals surface area contributed by atoms with Gasteiger partial charge in [0.05, 0.1) is 16.7 Å². The fourth-order valence-corrected chi connectivity index (χ4v) is 2.61. The molecule has 8 heteroatoms. The molecule has 1 fully saturated rings. The summed E-state index contributed by atoms with van der Waals surface area (Å²) in [7, 11) is 0. The summed E-state index contributed by atoms with van der Waals surface area (Å²) in [5, 5.41) is 20.7. The molecule has 1 aromatic carbocycles. The van der Waals surface area contributed by atoms with Crippen LogP contribution >= 0.6 is 0 Å². The van der Waals surface area contributed by atoms with E-state index in [9.17, 15) is 14.9 Å². The van der Waals surface area contributed by atoms with Crippen molar-refractivity contribution in [3.05, 3.63) is 50.7 Å². The molecule has 0 spiro atoms. The van der Waals surface area contributed by atoms with Crippen LogP contribution in [0, 0.1) is 10.1 Å². The third kappa shape index (κ3) is 2.57. The van der Waals surface area contributed by atoms with Crippen molar-refractivity contribution < 1.29 is 4.92 Å². The molecular formula is C13H15N5O3. The predicted molar refractivity (Wildman–Crippen MR) is 75.4 cm³/mol. The number of non-ortho nitro benzene ring substituents is 1. The molecule has 110 valence electrons. The minimum atomic E-state index is -0.479. The Morgan fingerprint density at radius 3 is 2.95 bits per heavy atom. The zero-order chi connectivity index (χ0) is 14.8. The second-order valence-electron chi connectivity index (χ2n) is 5.00. The third-order valence-corrected chi connectivity index (χ3v) is 3.62. The average Bonchev–Trinajstić information content (AvgIpc) is 2.90. The lowest BCUT2D eigenvalue weighted by molar-refractivity contribution is -0.384. The van der Waals surface area contributed by atoms with E-state index < -0.39 is 10.6 Å². The highest BCUT2D eigenvalue weighted by atomic mass is 16.6. The summed E-state index contributed by atoms with van der Waals surface area (Å²) in [6.07, 6.45) is 3.05. The summed E-state index contributed by atoms with van der Waals surface area (Å²) in [5.74, 6) is 0.570.